The topological polar surface area (TPSA) is 29.3 Å². The highest BCUT2D eigenvalue weighted by Gasteiger charge is 2.08. The summed E-state index contributed by atoms with van der Waals surface area (Å²) < 4.78 is 13.8. The Hall–Kier alpha value is -0.930. The largest absolute Gasteiger partial charge is 0.326 e. The minimum atomic E-state index is -0.150. The van der Waals surface area contributed by atoms with Crippen molar-refractivity contribution in [2.24, 2.45) is 5.73 Å². The van der Waals surface area contributed by atoms with Crippen LogP contribution in [0.15, 0.2) is 18.2 Å². The van der Waals surface area contributed by atoms with Crippen molar-refractivity contribution in [2.75, 3.05) is 13.6 Å². The molecule has 1 rings (SSSR count). The van der Waals surface area contributed by atoms with Crippen LogP contribution in [-0.4, -0.2) is 18.5 Å². The molecule has 0 amide bonds. The van der Waals surface area contributed by atoms with Crippen LogP contribution in [0.2, 0.25) is 0 Å². The van der Waals surface area contributed by atoms with Gasteiger partial charge >= 0.3 is 0 Å². The molecule has 0 fully saturated rings. The zero-order valence-electron chi connectivity index (χ0n) is 9.46. The minimum Gasteiger partial charge on any atom is -0.326 e. The first-order valence-corrected chi connectivity index (χ1v) is 5.34. The van der Waals surface area contributed by atoms with Gasteiger partial charge in [-0.1, -0.05) is 25.1 Å². The van der Waals surface area contributed by atoms with Crippen LogP contribution in [0.5, 0.6) is 0 Å². The predicted molar refractivity (Wildman–Crippen MR) is 60.9 cm³/mol. The monoisotopic (exact) mass is 210 g/mol. The van der Waals surface area contributed by atoms with Crippen LogP contribution in [0.4, 0.5) is 4.39 Å². The molecule has 0 atom stereocenters. The number of hydrogen-bond donors (Lipinski definition) is 1. The molecule has 0 spiro atoms. The second kappa shape index (κ2) is 5.83. The molecule has 1 aromatic carbocycles. The smallest absolute Gasteiger partial charge is 0.132 e. The SMILES string of the molecule is CCCN(C)Cc1cccc(CN)c1F. The Balaban J connectivity index is 2.76. The van der Waals surface area contributed by atoms with E-state index in [0.29, 0.717) is 12.1 Å². The van der Waals surface area contributed by atoms with Gasteiger partial charge in [-0.05, 0) is 20.0 Å². The van der Waals surface area contributed by atoms with Crippen molar-refractivity contribution in [3.8, 4) is 0 Å². The highest BCUT2D eigenvalue weighted by atomic mass is 19.1. The van der Waals surface area contributed by atoms with E-state index >= 15 is 0 Å². The molecule has 3 heteroatoms. The summed E-state index contributed by atoms with van der Waals surface area (Å²) in [6, 6.07) is 5.42. The van der Waals surface area contributed by atoms with Crippen molar-refractivity contribution in [2.45, 2.75) is 26.4 Å². The van der Waals surface area contributed by atoms with Gasteiger partial charge in [-0.25, -0.2) is 4.39 Å². The lowest BCUT2D eigenvalue weighted by molar-refractivity contribution is 0.321. The van der Waals surface area contributed by atoms with Gasteiger partial charge in [0.2, 0.25) is 0 Å². The summed E-state index contributed by atoms with van der Waals surface area (Å²) >= 11 is 0. The van der Waals surface area contributed by atoms with E-state index in [1.165, 1.54) is 0 Å². The first-order chi connectivity index (χ1) is 7.19. The lowest BCUT2D eigenvalue weighted by Gasteiger charge is -2.16. The number of halogens is 1. The maximum Gasteiger partial charge on any atom is 0.132 e. The second-order valence-electron chi connectivity index (χ2n) is 3.83. The molecule has 0 aromatic heterocycles. The summed E-state index contributed by atoms with van der Waals surface area (Å²) in [7, 11) is 2.00. The van der Waals surface area contributed by atoms with Crippen LogP contribution in [0.25, 0.3) is 0 Å². The normalized spacial score (nSPS) is 11.0. The fourth-order valence-electron chi connectivity index (χ4n) is 1.66. The van der Waals surface area contributed by atoms with E-state index in [4.69, 9.17) is 5.73 Å². The number of benzene rings is 1. The molecule has 1 aromatic rings. The Morgan fingerprint density at radius 2 is 2.00 bits per heavy atom. The Labute approximate surface area is 90.9 Å². The van der Waals surface area contributed by atoms with E-state index in [9.17, 15) is 4.39 Å². The van der Waals surface area contributed by atoms with Gasteiger partial charge < -0.3 is 10.6 Å². The van der Waals surface area contributed by atoms with Gasteiger partial charge in [0.15, 0.2) is 0 Å². The Bertz CT molecular complexity index is 312. The van der Waals surface area contributed by atoms with E-state index in [-0.39, 0.29) is 12.4 Å². The third kappa shape index (κ3) is 3.29. The van der Waals surface area contributed by atoms with Gasteiger partial charge in [0.25, 0.3) is 0 Å². The molecule has 0 aliphatic rings. The number of rotatable bonds is 5. The standard InChI is InChI=1S/C12H19FN2/c1-3-7-15(2)9-11-6-4-5-10(8-14)12(11)13/h4-6H,3,7-9,14H2,1-2H3. The first-order valence-electron chi connectivity index (χ1n) is 5.34. The summed E-state index contributed by atoms with van der Waals surface area (Å²) in [5.74, 6) is -0.150. The Kier molecular flexibility index (Phi) is 4.72. The third-order valence-electron chi connectivity index (χ3n) is 2.42. The van der Waals surface area contributed by atoms with Gasteiger partial charge in [0.05, 0.1) is 0 Å². The summed E-state index contributed by atoms with van der Waals surface area (Å²) in [6.45, 7) is 4.00. The molecule has 84 valence electrons. The minimum absolute atomic E-state index is 0.150. The lowest BCUT2D eigenvalue weighted by Crippen LogP contribution is -2.19. The molecule has 0 saturated carbocycles. The predicted octanol–water partition coefficient (Wildman–Crippen LogP) is 2.13. The number of hydrogen-bond acceptors (Lipinski definition) is 2. The van der Waals surface area contributed by atoms with Crippen LogP contribution in [0, 0.1) is 5.82 Å². The molecule has 2 nitrogen and oxygen atoms in total. The van der Waals surface area contributed by atoms with Crippen molar-refractivity contribution in [1.82, 2.24) is 4.90 Å². The maximum absolute atomic E-state index is 13.8. The van der Waals surface area contributed by atoms with Gasteiger partial charge in [-0.15, -0.1) is 0 Å². The van der Waals surface area contributed by atoms with Gasteiger partial charge in [-0.3, -0.25) is 0 Å². The summed E-state index contributed by atoms with van der Waals surface area (Å²) in [4.78, 5) is 2.11. The highest BCUT2D eigenvalue weighted by Crippen LogP contribution is 2.14. The van der Waals surface area contributed by atoms with Crippen molar-refractivity contribution in [3.05, 3.63) is 35.1 Å². The van der Waals surface area contributed by atoms with Crippen molar-refractivity contribution in [1.29, 1.82) is 0 Å². The molecule has 0 unspecified atom stereocenters. The second-order valence-corrected chi connectivity index (χ2v) is 3.83. The van der Waals surface area contributed by atoms with Gasteiger partial charge in [0.1, 0.15) is 5.82 Å². The number of nitrogens with zero attached hydrogens (tertiary/aromatic N) is 1. The van der Waals surface area contributed by atoms with E-state index < -0.39 is 0 Å². The average Bonchev–Trinajstić information content (AvgIpc) is 2.21. The molecule has 0 heterocycles. The molecule has 0 bridgehead atoms. The van der Waals surface area contributed by atoms with Crippen LogP contribution < -0.4 is 5.73 Å². The average molecular weight is 210 g/mol. The molecule has 0 radical (unpaired) electrons. The van der Waals surface area contributed by atoms with Crippen LogP contribution in [0.1, 0.15) is 24.5 Å². The zero-order chi connectivity index (χ0) is 11.3. The Morgan fingerprint density at radius 1 is 1.33 bits per heavy atom. The quantitative estimate of drug-likeness (QED) is 0.806. The lowest BCUT2D eigenvalue weighted by atomic mass is 10.1. The molecule has 15 heavy (non-hydrogen) atoms. The Morgan fingerprint density at radius 3 is 2.60 bits per heavy atom. The first kappa shape index (κ1) is 12.1. The molecule has 0 saturated heterocycles. The van der Waals surface area contributed by atoms with Gasteiger partial charge in [0, 0.05) is 24.2 Å². The van der Waals surface area contributed by atoms with Crippen molar-refractivity contribution in [3.63, 3.8) is 0 Å². The van der Waals surface area contributed by atoms with Crippen molar-refractivity contribution >= 4 is 0 Å². The van der Waals surface area contributed by atoms with E-state index in [0.717, 1.165) is 18.5 Å². The molecular formula is C12H19FN2. The molecular weight excluding hydrogens is 191 g/mol. The zero-order valence-corrected chi connectivity index (χ0v) is 9.46. The third-order valence-corrected chi connectivity index (χ3v) is 2.42. The summed E-state index contributed by atoms with van der Waals surface area (Å²) in [6.07, 6.45) is 1.08. The van der Waals surface area contributed by atoms with Crippen LogP contribution >= 0.6 is 0 Å². The van der Waals surface area contributed by atoms with Crippen molar-refractivity contribution < 1.29 is 4.39 Å². The fraction of sp³-hybridized carbons (Fsp3) is 0.500. The highest BCUT2D eigenvalue weighted by molar-refractivity contribution is 5.25. The van der Waals surface area contributed by atoms with Crippen LogP contribution in [0.3, 0.4) is 0 Å². The molecule has 2 N–H and O–H groups in total. The maximum atomic E-state index is 13.8. The summed E-state index contributed by atoms with van der Waals surface area (Å²) in [5, 5.41) is 0. The molecule has 0 aliphatic heterocycles. The summed E-state index contributed by atoms with van der Waals surface area (Å²) in [5.41, 5.74) is 6.78. The van der Waals surface area contributed by atoms with E-state index in [2.05, 4.69) is 11.8 Å². The van der Waals surface area contributed by atoms with E-state index in [1.54, 1.807) is 6.07 Å². The molecule has 0 aliphatic carbocycles. The number of nitrogens with two attached hydrogens (primary N) is 1. The van der Waals surface area contributed by atoms with Gasteiger partial charge in [-0.2, -0.15) is 0 Å². The van der Waals surface area contributed by atoms with E-state index in [1.807, 2.05) is 19.2 Å². The van der Waals surface area contributed by atoms with Crippen LogP contribution in [-0.2, 0) is 13.1 Å². The fourth-order valence-corrected chi connectivity index (χ4v) is 1.66.